The molecule has 1 aromatic carbocycles. The van der Waals surface area contributed by atoms with E-state index in [1.165, 1.54) is 0 Å². The first kappa shape index (κ1) is 13.3. The minimum absolute atomic E-state index is 0.0375. The second-order valence-corrected chi connectivity index (χ2v) is 4.24. The number of hydrogen-bond donors (Lipinski definition) is 1. The van der Waals surface area contributed by atoms with Crippen LogP contribution in [0.15, 0.2) is 29.3 Å². The SMILES string of the molecule is CCN(CC)C(=O)c1ccccc1C1=NCC(=O)N1. The zero-order chi connectivity index (χ0) is 13.8. The molecule has 1 N–H and O–H groups in total. The zero-order valence-electron chi connectivity index (χ0n) is 11.1. The minimum Gasteiger partial charge on any atom is -0.339 e. The molecule has 0 atom stereocenters. The monoisotopic (exact) mass is 259 g/mol. The van der Waals surface area contributed by atoms with E-state index in [1.807, 2.05) is 26.0 Å². The maximum absolute atomic E-state index is 12.4. The van der Waals surface area contributed by atoms with Crippen molar-refractivity contribution in [2.45, 2.75) is 13.8 Å². The van der Waals surface area contributed by atoms with Crippen LogP contribution in [0.2, 0.25) is 0 Å². The summed E-state index contributed by atoms with van der Waals surface area (Å²) < 4.78 is 0. The molecule has 5 heteroatoms. The van der Waals surface area contributed by atoms with Gasteiger partial charge in [0.15, 0.2) is 0 Å². The fourth-order valence-electron chi connectivity index (χ4n) is 2.07. The molecule has 1 aromatic rings. The molecule has 100 valence electrons. The molecule has 1 heterocycles. The van der Waals surface area contributed by atoms with Crippen molar-refractivity contribution >= 4 is 17.6 Å². The van der Waals surface area contributed by atoms with Crippen molar-refractivity contribution in [2.24, 2.45) is 4.99 Å². The normalized spacial score (nSPS) is 14.0. The van der Waals surface area contributed by atoms with Crippen LogP contribution in [-0.2, 0) is 4.79 Å². The topological polar surface area (TPSA) is 61.8 Å². The number of rotatable bonds is 4. The number of carbonyl (C=O) groups excluding carboxylic acids is 2. The highest BCUT2D eigenvalue weighted by Gasteiger charge is 2.22. The van der Waals surface area contributed by atoms with Crippen LogP contribution in [0, 0.1) is 0 Å². The molecule has 0 spiro atoms. The molecular formula is C14H17N3O2. The molecular weight excluding hydrogens is 242 g/mol. The average Bonchev–Trinajstić information content (AvgIpc) is 2.86. The summed E-state index contributed by atoms with van der Waals surface area (Å²) in [5, 5.41) is 2.68. The predicted octanol–water partition coefficient (Wildman–Crippen LogP) is 1.04. The summed E-state index contributed by atoms with van der Waals surface area (Å²) in [6, 6.07) is 7.23. The van der Waals surface area contributed by atoms with E-state index < -0.39 is 0 Å². The van der Waals surface area contributed by atoms with Gasteiger partial charge in [-0.2, -0.15) is 0 Å². The van der Waals surface area contributed by atoms with Crippen molar-refractivity contribution in [1.29, 1.82) is 0 Å². The van der Waals surface area contributed by atoms with Crippen LogP contribution in [0.1, 0.15) is 29.8 Å². The van der Waals surface area contributed by atoms with E-state index in [1.54, 1.807) is 17.0 Å². The highest BCUT2D eigenvalue weighted by molar-refractivity contribution is 6.16. The molecule has 0 aliphatic carbocycles. The number of nitrogens with one attached hydrogen (secondary N) is 1. The van der Waals surface area contributed by atoms with Gasteiger partial charge in [-0.05, 0) is 19.9 Å². The Morgan fingerprint density at radius 3 is 2.58 bits per heavy atom. The summed E-state index contributed by atoms with van der Waals surface area (Å²) in [6.45, 7) is 5.33. The van der Waals surface area contributed by atoms with Gasteiger partial charge >= 0.3 is 0 Å². The molecule has 0 bridgehead atoms. The molecule has 0 unspecified atom stereocenters. The average molecular weight is 259 g/mol. The second kappa shape index (κ2) is 5.65. The number of hydrogen-bond acceptors (Lipinski definition) is 3. The Balaban J connectivity index is 2.36. The minimum atomic E-state index is -0.139. The first-order valence-electron chi connectivity index (χ1n) is 6.40. The standard InChI is InChI=1S/C14H17N3O2/c1-3-17(4-2)14(19)11-8-6-5-7-10(11)13-15-9-12(18)16-13/h5-8H,3-4,9H2,1-2H3,(H,15,16,18). The Labute approximate surface area is 112 Å². The van der Waals surface area contributed by atoms with Crippen LogP contribution in [0.5, 0.6) is 0 Å². The van der Waals surface area contributed by atoms with Gasteiger partial charge < -0.3 is 10.2 Å². The molecule has 1 aliphatic rings. The summed E-state index contributed by atoms with van der Waals surface area (Å²) >= 11 is 0. The second-order valence-electron chi connectivity index (χ2n) is 4.24. The van der Waals surface area contributed by atoms with Gasteiger partial charge in [0.25, 0.3) is 5.91 Å². The smallest absolute Gasteiger partial charge is 0.254 e. The highest BCUT2D eigenvalue weighted by atomic mass is 16.2. The molecule has 5 nitrogen and oxygen atoms in total. The summed E-state index contributed by atoms with van der Waals surface area (Å²) in [6.07, 6.45) is 0. The fourth-order valence-corrected chi connectivity index (χ4v) is 2.07. The van der Waals surface area contributed by atoms with Crippen LogP contribution in [-0.4, -0.2) is 42.2 Å². The Morgan fingerprint density at radius 2 is 2.00 bits per heavy atom. The summed E-state index contributed by atoms with van der Waals surface area (Å²) in [4.78, 5) is 29.5. The maximum atomic E-state index is 12.4. The number of aliphatic imine (C=N–C) groups is 1. The van der Waals surface area contributed by atoms with E-state index in [2.05, 4.69) is 10.3 Å². The molecule has 0 fully saturated rings. The van der Waals surface area contributed by atoms with E-state index in [-0.39, 0.29) is 18.4 Å². The van der Waals surface area contributed by atoms with E-state index in [9.17, 15) is 9.59 Å². The third kappa shape index (κ3) is 2.65. The van der Waals surface area contributed by atoms with Crippen molar-refractivity contribution in [3.63, 3.8) is 0 Å². The van der Waals surface area contributed by atoms with E-state index in [0.29, 0.717) is 30.1 Å². The van der Waals surface area contributed by atoms with Crippen LogP contribution >= 0.6 is 0 Å². The first-order valence-corrected chi connectivity index (χ1v) is 6.40. The van der Waals surface area contributed by atoms with Gasteiger partial charge in [0.2, 0.25) is 5.91 Å². The molecule has 19 heavy (non-hydrogen) atoms. The van der Waals surface area contributed by atoms with Crippen molar-refractivity contribution in [3.05, 3.63) is 35.4 Å². The van der Waals surface area contributed by atoms with E-state index >= 15 is 0 Å². The van der Waals surface area contributed by atoms with Gasteiger partial charge in [-0.3, -0.25) is 14.6 Å². The van der Waals surface area contributed by atoms with Gasteiger partial charge in [0.05, 0.1) is 5.56 Å². The predicted molar refractivity (Wildman–Crippen MR) is 73.2 cm³/mol. The maximum Gasteiger partial charge on any atom is 0.254 e. The van der Waals surface area contributed by atoms with Gasteiger partial charge in [-0.1, -0.05) is 18.2 Å². The summed E-state index contributed by atoms with van der Waals surface area (Å²) in [5.41, 5.74) is 1.26. The summed E-state index contributed by atoms with van der Waals surface area (Å²) in [5.74, 6) is 0.311. The molecule has 0 aromatic heterocycles. The Hall–Kier alpha value is -2.17. The van der Waals surface area contributed by atoms with Gasteiger partial charge in [-0.15, -0.1) is 0 Å². The largest absolute Gasteiger partial charge is 0.339 e. The Morgan fingerprint density at radius 1 is 1.32 bits per heavy atom. The third-order valence-electron chi connectivity index (χ3n) is 3.10. The molecule has 2 amide bonds. The van der Waals surface area contributed by atoms with Crippen molar-refractivity contribution < 1.29 is 9.59 Å². The number of amidine groups is 1. The van der Waals surface area contributed by atoms with Gasteiger partial charge in [-0.25, -0.2) is 0 Å². The number of amides is 2. The molecule has 0 radical (unpaired) electrons. The Kier molecular flexibility index (Phi) is 3.94. The lowest BCUT2D eigenvalue weighted by Crippen LogP contribution is -2.33. The van der Waals surface area contributed by atoms with Gasteiger partial charge in [0.1, 0.15) is 12.4 Å². The molecule has 2 rings (SSSR count). The van der Waals surface area contributed by atoms with Crippen molar-refractivity contribution in [1.82, 2.24) is 10.2 Å². The quantitative estimate of drug-likeness (QED) is 0.878. The Bertz CT molecular complexity index is 533. The van der Waals surface area contributed by atoms with Gasteiger partial charge in [0, 0.05) is 18.7 Å². The lowest BCUT2D eigenvalue weighted by molar-refractivity contribution is -0.117. The number of benzene rings is 1. The third-order valence-corrected chi connectivity index (χ3v) is 3.10. The van der Waals surface area contributed by atoms with Crippen LogP contribution in [0.4, 0.5) is 0 Å². The zero-order valence-corrected chi connectivity index (χ0v) is 11.1. The number of nitrogens with zero attached hydrogens (tertiary/aromatic N) is 2. The van der Waals surface area contributed by atoms with E-state index in [4.69, 9.17) is 0 Å². The van der Waals surface area contributed by atoms with Crippen LogP contribution in [0.3, 0.4) is 0 Å². The lowest BCUT2D eigenvalue weighted by Gasteiger charge is -2.20. The highest BCUT2D eigenvalue weighted by Crippen LogP contribution is 2.14. The summed E-state index contributed by atoms with van der Waals surface area (Å²) in [7, 11) is 0. The lowest BCUT2D eigenvalue weighted by atomic mass is 10.1. The van der Waals surface area contributed by atoms with Crippen molar-refractivity contribution in [2.75, 3.05) is 19.6 Å². The first-order chi connectivity index (χ1) is 9.17. The van der Waals surface area contributed by atoms with E-state index in [0.717, 1.165) is 0 Å². The van der Waals surface area contributed by atoms with Crippen LogP contribution < -0.4 is 5.32 Å². The molecule has 1 aliphatic heterocycles. The van der Waals surface area contributed by atoms with Crippen LogP contribution in [0.25, 0.3) is 0 Å². The molecule has 0 saturated carbocycles. The number of carbonyl (C=O) groups is 2. The molecule has 0 saturated heterocycles. The van der Waals surface area contributed by atoms with Crippen molar-refractivity contribution in [3.8, 4) is 0 Å². The fraction of sp³-hybridized carbons (Fsp3) is 0.357.